The second kappa shape index (κ2) is 5.91. The molecule has 0 aliphatic carbocycles. The molecule has 0 aromatic carbocycles. The molecule has 15 heavy (non-hydrogen) atoms. The minimum absolute atomic E-state index is 0.454. The highest BCUT2D eigenvalue weighted by molar-refractivity contribution is 5.10. The predicted octanol–water partition coefficient (Wildman–Crippen LogP) is 2.60. The van der Waals surface area contributed by atoms with E-state index in [9.17, 15) is 0 Å². The maximum Gasteiger partial charge on any atom is 0.0537 e. The highest BCUT2D eigenvalue weighted by Crippen LogP contribution is 2.20. The molecule has 0 spiro atoms. The molecule has 3 nitrogen and oxygen atoms in total. The minimum Gasteiger partial charge on any atom is -0.310 e. The zero-order valence-corrected chi connectivity index (χ0v) is 10.3. The third-order valence-corrected chi connectivity index (χ3v) is 2.54. The average Bonchev–Trinajstić information content (AvgIpc) is 2.64. The Morgan fingerprint density at radius 2 is 2.13 bits per heavy atom. The van der Waals surface area contributed by atoms with E-state index in [0.29, 0.717) is 12.0 Å². The van der Waals surface area contributed by atoms with E-state index in [1.165, 1.54) is 12.0 Å². The van der Waals surface area contributed by atoms with Crippen molar-refractivity contribution < 1.29 is 0 Å². The van der Waals surface area contributed by atoms with E-state index in [2.05, 4.69) is 44.3 Å². The summed E-state index contributed by atoms with van der Waals surface area (Å²) in [5, 5.41) is 7.84. The Balaban J connectivity index is 2.69. The van der Waals surface area contributed by atoms with Crippen LogP contribution in [0, 0.1) is 5.92 Å². The first kappa shape index (κ1) is 12.2. The van der Waals surface area contributed by atoms with Crippen molar-refractivity contribution in [2.24, 2.45) is 5.92 Å². The summed E-state index contributed by atoms with van der Waals surface area (Å²) < 4.78 is 1.99. The molecule has 0 amide bonds. The van der Waals surface area contributed by atoms with Crippen LogP contribution in [0.15, 0.2) is 12.4 Å². The molecule has 1 N–H and O–H groups in total. The van der Waals surface area contributed by atoms with Gasteiger partial charge >= 0.3 is 0 Å². The second-order valence-electron chi connectivity index (χ2n) is 4.37. The lowest BCUT2D eigenvalue weighted by molar-refractivity contribution is 0.438. The van der Waals surface area contributed by atoms with Gasteiger partial charge in [0.2, 0.25) is 0 Å². The maximum atomic E-state index is 4.32. The fourth-order valence-electron chi connectivity index (χ4n) is 1.79. The van der Waals surface area contributed by atoms with Crippen LogP contribution in [0.3, 0.4) is 0 Å². The van der Waals surface area contributed by atoms with Gasteiger partial charge in [-0.2, -0.15) is 5.10 Å². The van der Waals surface area contributed by atoms with E-state index >= 15 is 0 Å². The van der Waals surface area contributed by atoms with Crippen molar-refractivity contribution in [3.8, 4) is 0 Å². The molecule has 0 saturated heterocycles. The first-order chi connectivity index (χ1) is 7.17. The van der Waals surface area contributed by atoms with Crippen LogP contribution in [0.5, 0.6) is 0 Å². The van der Waals surface area contributed by atoms with E-state index in [1.54, 1.807) is 0 Å². The van der Waals surface area contributed by atoms with Crippen molar-refractivity contribution in [1.82, 2.24) is 15.1 Å². The van der Waals surface area contributed by atoms with Gasteiger partial charge in [0, 0.05) is 24.3 Å². The van der Waals surface area contributed by atoms with Crippen molar-refractivity contribution in [3.05, 3.63) is 18.0 Å². The zero-order valence-electron chi connectivity index (χ0n) is 10.3. The van der Waals surface area contributed by atoms with Crippen molar-refractivity contribution in [1.29, 1.82) is 0 Å². The number of hydrogen-bond donors (Lipinski definition) is 1. The smallest absolute Gasteiger partial charge is 0.0537 e. The van der Waals surface area contributed by atoms with Crippen molar-refractivity contribution >= 4 is 0 Å². The summed E-state index contributed by atoms with van der Waals surface area (Å²) in [6, 6.07) is 0.454. The van der Waals surface area contributed by atoms with Crippen molar-refractivity contribution in [2.45, 2.75) is 46.7 Å². The lowest BCUT2D eigenvalue weighted by atomic mass is 9.99. The van der Waals surface area contributed by atoms with Crippen LogP contribution >= 0.6 is 0 Å². The second-order valence-corrected chi connectivity index (χ2v) is 4.37. The highest BCUT2D eigenvalue weighted by Gasteiger charge is 2.13. The maximum absolute atomic E-state index is 4.32. The molecule has 0 aliphatic heterocycles. The average molecular weight is 209 g/mol. The van der Waals surface area contributed by atoms with Crippen molar-refractivity contribution in [2.75, 3.05) is 6.54 Å². The summed E-state index contributed by atoms with van der Waals surface area (Å²) in [5.74, 6) is 0.707. The lowest BCUT2D eigenvalue weighted by Crippen LogP contribution is -2.22. The number of aromatic nitrogens is 2. The normalized spacial score (nSPS) is 13.4. The molecule has 0 radical (unpaired) electrons. The molecule has 1 unspecified atom stereocenters. The van der Waals surface area contributed by atoms with Gasteiger partial charge in [-0.05, 0) is 25.8 Å². The Kier molecular flexibility index (Phi) is 4.82. The largest absolute Gasteiger partial charge is 0.310 e. The molecule has 1 aromatic heterocycles. The molecule has 86 valence electrons. The van der Waals surface area contributed by atoms with E-state index < -0.39 is 0 Å². The van der Waals surface area contributed by atoms with Crippen LogP contribution in [0.4, 0.5) is 0 Å². The van der Waals surface area contributed by atoms with Crippen LogP contribution in [0.2, 0.25) is 0 Å². The molecule has 1 atom stereocenters. The summed E-state index contributed by atoms with van der Waals surface area (Å²) in [6.45, 7) is 10.7. The van der Waals surface area contributed by atoms with E-state index in [-0.39, 0.29) is 0 Å². The minimum atomic E-state index is 0.454. The van der Waals surface area contributed by atoms with E-state index in [0.717, 1.165) is 13.1 Å². The number of rotatable bonds is 6. The summed E-state index contributed by atoms with van der Waals surface area (Å²) >= 11 is 0. The molecular weight excluding hydrogens is 186 g/mol. The van der Waals surface area contributed by atoms with Crippen LogP contribution in [0.1, 0.15) is 45.7 Å². The molecular formula is C12H23N3. The Morgan fingerprint density at radius 1 is 1.40 bits per heavy atom. The standard InChI is InChI=1S/C12H23N3/c1-5-13-12(7-10(3)4)11-8-14-15(6-2)9-11/h8-10,12-13H,5-7H2,1-4H3. The quantitative estimate of drug-likeness (QED) is 0.780. The highest BCUT2D eigenvalue weighted by atomic mass is 15.3. The van der Waals surface area contributed by atoms with E-state index in [4.69, 9.17) is 0 Å². The fraction of sp³-hybridized carbons (Fsp3) is 0.750. The van der Waals surface area contributed by atoms with Crippen LogP contribution in [-0.2, 0) is 6.54 Å². The SMILES string of the molecule is CCNC(CC(C)C)c1cnn(CC)c1. The molecule has 0 bridgehead atoms. The number of hydrogen-bond acceptors (Lipinski definition) is 2. The first-order valence-electron chi connectivity index (χ1n) is 5.93. The Morgan fingerprint density at radius 3 is 2.60 bits per heavy atom. The van der Waals surface area contributed by atoms with Gasteiger partial charge < -0.3 is 5.32 Å². The summed E-state index contributed by atoms with van der Waals surface area (Å²) in [5.41, 5.74) is 1.31. The van der Waals surface area contributed by atoms with Gasteiger partial charge in [-0.1, -0.05) is 20.8 Å². The van der Waals surface area contributed by atoms with Crippen LogP contribution in [0.25, 0.3) is 0 Å². The Bertz CT molecular complexity index is 278. The lowest BCUT2D eigenvalue weighted by Gasteiger charge is -2.18. The molecule has 1 heterocycles. The molecule has 0 aliphatic rings. The summed E-state index contributed by atoms with van der Waals surface area (Å²) in [7, 11) is 0. The molecule has 1 aromatic rings. The number of nitrogens with one attached hydrogen (secondary N) is 1. The monoisotopic (exact) mass is 209 g/mol. The zero-order chi connectivity index (χ0) is 11.3. The number of nitrogens with zero attached hydrogens (tertiary/aromatic N) is 2. The van der Waals surface area contributed by atoms with E-state index in [1.807, 2.05) is 10.9 Å². The van der Waals surface area contributed by atoms with Gasteiger partial charge in [0.05, 0.1) is 6.20 Å². The van der Waals surface area contributed by atoms with Gasteiger partial charge in [0.15, 0.2) is 0 Å². The Hall–Kier alpha value is -0.830. The first-order valence-corrected chi connectivity index (χ1v) is 5.93. The van der Waals surface area contributed by atoms with Gasteiger partial charge in [-0.15, -0.1) is 0 Å². The van der Waals surface area contributed by atoms with Gasteiger partial charge in [0.1, 0.15) is 0 Å². The molecule has 0 saturated carbocycles. The van der Waals surface area contributed by atoms with Crippen LogP contribution < -0.4 is 5.32 Å². The van der Waals surface area contributed by atoms with Gasteiger partial charge in [-0.25, -0.2) is 0 Å². The summed E-state index contributed by atoms with van der Waals surface area (Å²) in [6.07, 6.45) is 5.30. The predicted molar refractivity (Wildman–Crippen MR) is 63.8 cm³/mol. The molecule has 3 heteroatoms. The topological polar surface area (TPSA) is 29.9 Å². The molecule has 1 rings (SSSR count). The molecule has 0 fully saturated rings. The van der Waals surface area contributed by atoms with Crippen molar-refractivity contribution in [3.63, 3.8) is 0 Å². The van der Waals surface area contributed by atoms with Crippen LogP contribution in [-0.4, -0.2) is 16.3 Å². The third-order valence-electron chi connectivity index (χ3n) is 2.54. The number of aryl methyl sites for hydroxylation is 1. The Labute approximate surface area is 92.9 Å². The summed E-state index contributed by atoms with van der Waals surface area (Å²) in [4.78, 5) is 0. The van der Waals surface area contributed by atoms with Gasteiger partial charge in [-0.3, -0.25) is 4.68 Å². The van der Waals surface area contributed by atoms with Gasteiger partial charge in [0.25, 0.3) is 0 Å². The third kappa shape index (κ3) is 3.67. The fourth-order valence-corrected chi connectivity index (χ4v) is 1.79.